The molecule has 20 heavy (non-hydrogen) atoms. The van der Waals surface area contributed by atoms with Crippen LogP contribution in [0.25, 0.3) is 11.1 Å². The van der Waals surface area contributed by atoms with E-state index in [1.54, 1.807) is 19.2 Å². The van der Waals surface area contributed by atoms with Crippen molar-refractivity contribution in [3.05, 3.63) is 48.3 Å². The SMILES string of the molecule is COc1ccccc1-c1ccc(OCCN)c(F)c1.Cl. The highest BCUT2D eigenvalue weighted by atomic mass is 35.5. The van der Waals surface area contributed by atoms with E-state index >= 15 is 0 Å². The van der Waals surface area contributed by atoms with Gasteiger partial charge in [0.15, 0.2) is 11.6 Å². The monoisotopic (exact) mass is 297 g/mol. The van der Waals surface area contributed by atoms with E-state index in [2.05, 4.69) is 0 Å². The molecular weight excluding hydrogens is 281 g/mol. The fraction of sp³-hybridized carbons (Fsp3) is 0.200. The van der Waals surface area contributed by atoms with Crippen LogP contribution in [0.5, 0.6) is 11.5 Å². The molecule has 2 aromatic rings. The van der Waals surface area contributed by atoms with Crippen LogP contribution in [-0.4, -0.2) is 20.3 Å². The summed E-state index contributed by atoms with van der Waals surface area (Å²) in [5.41, 5.74) is 6.91. The van der Waals surface area contributed by atoms with Crippen molar-refractivity contribution in [1.29, 1.82) is 0 Å². The molecule has 0 unspecified atom stereocenters. The molecule has 2 rings (SSSR count). The Morgan fingerprint density at radius 3 is 2.50 bits per heavy atom. The fourth-order valence-corrected chi connectivity index (χ4v) is 1.84. The van der Waals surface area contributed by atoms with Gasteiger partial charge in [-0.05, 0) is 23.8 Å². The van der Waals surface area contributed by atoms with Crippen molar-refractivity contribution >= 4 is 12.4 Å². The number of ether oxygens (including phenoxy) is 2. The normalized spacial score (nSPS) is 9.75. The maximum absolute atomic E-state index is 13.9. The molecule has 0 atom stereocenters. The van der Waals surface area contributed by atoms with E-state index in [4.69, 9.17) is 15.2 Å². The first-order valence-corrected chi connectivity index (χ1v) is 6.02. The molecule has 0 aromatic heterocycles. The van der Waals surface area contributed by atoms with E-state index in [0.29, 0.717) is 18.9 Å². The minimum absolute atomic E-state index is 0. The first-order valence-electron chi connectivity index (χ1n) is 6.02. The van der Waals surface area contributed by atoms with Crippen molar-refractivity contribution in [3.63, 3.8) is 0 Å². The summed E-state index contributed by atoms with van der Waals surface area (Å²) in [5.74, 6) is 0.512. The molecule has 0 heterocycles. The molecule has 5 heteroatoms. The summed E-state index contributed by atoms with van der Waals surface area (Å²) in [5, 5.41) is 0. The molecule has 0 fully saturated rings. The molecule has 0 amide bonds. The van der Waals surface area contributed by atoms with Crippen LogP contribution < -0.4 is 15.2 Å². The van der Waals surface area contributed by atoms with Crippen molar-refractivity contribution in [2.45, 2.75) is 0 Å². The number of methoxy groups -OCH3 is 1. The Morgan fingerprint density at radius 2 is 1.85 bits per heavy atom. The van der Waals surface area contributed by atoms with Crippen molar-refractivity contribution in [2.75, 3.05) is 20.3 Å². The van der Waals surface area contributed by atoms with E-state index in [9.17, 15) is 4.39 Å². The zero-order valence-electron chi connectivity index (χ0n) is 11.1. The average Bonchev–Trinajstić information content (AvgIpc) is 2.46. The largest absolute Gasteiger partial charge is 0.496 e. The quantitative estimate of drug-likeness (QED) is 0.921. The lowest BCUT2D eigenvalue weighted by atomic mass is 10.0. The molecule has 3 nitrogen and oxygen atoms in total. The predicted molar refractivity (Wildman–Crippen MR) is 80.2 cm³/mol. The molecule has 0 radical (unpaired) electrons. The van der Waals surface area contributed by atoms with Crippen LogP contribution in [0.1, 0.15) is 0 Å². The van der Waals surface area contributed by atoms with Gasteiger partial charge in [-0.1, -0.05) is 24.3 Å². The van der Waals surface area contributed by atoms with Crippen molar-refractivity contribution < 1.29 is 13.9 Å². The Labute approximate surface area is 123 Å². The highest BCUT2D eigenvalue weighted by Crippen LogP contribution is 2.32. The smallest absolute Gasteiger partial charge is 0.165 e. The molecule has 0 aliphatic heterocycles. The Morgan fingerprint density at radius 1 is 1.10 bits per heavy atom. The fourth-order valence-electron chi connectivity index (χ4n) is 1.84. The van der Waals surface area contributed by atoms with Crippen LogP contribution in [0.3, 0.4) is 0 Å². The molecule has 0 aliphatic rings. The van der Waals surface area contributed by atoms with Crippen molar-refractivity contribution in [2.24, 2.45) is 5.73 Å². The van der Waals surface area contributed by atoms with Crippen LogP contribution in [-0.2, 0) is 0 Å². The second kappa shape index (κ2) is 7.72. The van der Waals surface area contributed by atoms with E-state index in [-0.39, 0.29) is 18.2 Å². The summed E-state index contributed by atoms with van der Waals surface area (Å²) < 4.78 is 24.4. The average molecular weight is 298 g/mol. The second-order valence-electron chi connectivity index (χ2n) is 3.98. The van der Waals surface area contributed by atoms with E-state index in [1.807, 2.05) is 24.3 Å². The maximum Gasteiger partial charge on any atom is 0.165 e. The number of halogens is 2. The van der Waals surface area contributed by atoms with Gasteiger partial charge in [0, 0.05) is 12.1 Å². The van der Waals surface area contributed by atoms with Gasteiger partial charge in [-0.2, -0.15) is 0 Å². The zero-order chi connectivity index (χ0) is 13.7. The van der Waals surface area contributed by atoms with Gasteiger partial charge < -0.3 is 15.2 Å². The maximum atomic E-state index is 13.9. The lowest BCUT2D eigenvalue weighted by Crippen LogP contribution is -2.11. The Balaban J connectivity index is 0.00000200. The van der Waals surface area contributed by atoms with Gasteiger partial charge in [0.2, 0.25) is 0 Å². The minimum Gasteiger partial charge on any atom is -0.496 e. The van der Waals surface area contributed by atoms with Gasteiger partial charge in [0.25, 0.3) is 0 Å². The molecule has 0 aliphatic carbocycles. The third kappa shape index (κ3) is 3.62. The Bertz CT molecular complexity index is 563. The van der Waals surface area contributed by atoms with Gasteiger partial charge >= 0.3 is 0 Å². The number of hydrogen-bond acceptors (Lipinski definition) is 3. The van der Waals surface area contributed by atoms with Crippen LogP contribution in [0.2, 0.25) is 0 Å². The Hall–Kier alpha value is -1.78. The van der Waals surface area contributed by atoms with Gasteiger partial charge in [0.1, 0.15) is 12.4 Å². The molecule has 2 N–H and O–H groups in total. The van der Waals surface area contributed by atoms with E-state index < -0.39 is 5.82 Å². The highest BCUT2D eigenvalue weighted by Gasteiger charge is 2.09. The number of nitrogens with two attached hydrogens (primary N) is 1. The minimum atomic E-state index is -0.406. The van der Waals surface area contributed by atoms with Crippen molar-refractivity contribution in [3.8, 4) is 22.6 Å². The summed E-state index contributed by atoms with van der Waals surface area (Å²) >= 11 is 0. The standard InChI is InChI=1S/C15H16FNO2.ClH/c1-18-14-5-3-2-4-12(14)11-6-7-15(13(16)10-11)19-9-8-17;/h2-7,10H,8-9,17H2,1H3;1H. The van der Waals surface area contributed by atoms with Crippen LogP contribution in [0, 0.1) is 5.82 Å². The number of hydrogen-bond donors (Lipinski definition) is 1. The lowest BCUT2D eigenvalue weighted by molar-refractivity contribution is 0.311. The lowest BCUT2D eigenvalue weighted by Gasteiger charge is -2.10. The topological polar surface area (TPSA) is 44.5 Å². The van der Waals surface area contributed by atoms with Gasteiger partial charge in [-0.25, -0.2) is 4.39 Å². The summed E-state index contributed by atoms with van der Waals surface area (Å²) in [6.07, 6.45) is 0. The summed E-state index contributed by atoms with van der Waals surface area (Å²) in [6, 6.07) is 12.3. The van der Waals surface area contributed by atoms with Crippen LogP contribution in [0.4, 0.5) is 4.39 Å². The molecule has 0 bridgehead atoms. The van der Waals surface area contributed by atoms with Crippen molar-refractivity contribution in [1.82, 2.24) is 0 Å². The molecule has 0 saturated heterocycles. The second-order valence-corrected chi connectivity index (χ2v) is 3.98. The zero-order valence-corrected chi connectivity index (χ0v) is 12.0. The van der Waals surface area contributed by atoms with E-state index in [0.717, 1.165) is 11.1 Å². The van der Waals surface area contributed by atoms with Crippen LogP contribution >= 0.6 is 12.4 Å². The van der Waals surface area contributed by atoms with Crippen LogP contribution in [0.15, 0.2) is 42.5 Å². The Kier molecular flexibility index (Phi) is 6.28. The van der Waals surface area contributed by atoms with Gasteiger partial charge in [-0.15, -0.1) is 12.4 Å². The van der Waals surface area contributed by atoms with Gasteiger partial charge in [0.05, 0.1) is 7.11 Å². The highest BCUT2D eigenvalue weighted by molar-refractivity contribution is 5.85. The van der Waals surface area contributed by atoms with Gasteiger partial charge in [-0.3, -0.25) is 0 Å². The first kappa shape index (κ1) is 16.3. The summed E-state index contributed by atoms with van der Waals surface area (Å²) in [4.78, 5) is 0. The predicted octanol–water partition coefficient (Wildman–Crippen LogP) is 3.26. The van der Waals surface area contributed by atoms with E-state index in [1.165, 1.54) is 6.07 Å². The molecular formula is C15H17ClFNO2. The number of para-hydroxylation sites is 1. The molecule has 2 aromatic carbocycles. The number of rotatable bonds is 5. The molecule has 0 spiro atoms. The third-order valence-electron chi connectivity index (χ3n) is 2.73. The molecule has 108 valence electrons. The summed E-state index contributed by atoms with van der Waals surface area (Å²) in [6.45, 7) is 0.651. The first-order chi connectivity index (χ1) is 9.26. The summed E-state index contributed by atoms with van der Waals surface area (Å²) in [7, 11) is 1.59. The number of benzene rings is 2. The molecule has 0 saturated carbocycles. The third-order valence-corrected chi connectivity index (χ3v) is 2.73.